The van der Waals surface area contributed by atoms with Crippen LogP contribution in [0.2, 0.25) is 0 Å². The van der Waals surface area contributed by atoms with Crippen molar-refractivity contribution in [1.29, 1.82) is 0 Å². The van der Waals surface area contributed by atoms with Crippen LogP contribution in [0.5, 0.6) is 5.75 Å². The summed E-state index contributed by atoms with van der Waals surface area (Å²) in [6.45, 7) is 4.91. The first-order chi connectivity index (χ1) is 16.8. The first-order valence-electron chi connectivity index (χ1n) is 11.3. The smallest absolute Gasteiger partial charge is 0.300 e. The summed E-state index contributed by atoms with van der Waals surface area (Å²) in [5.41, 5.74) is 2.18. The van der Waals surface area contributed by atoms with Crippen LogP contribution < -0.4 is 4.74 Å². The molecule has 0 aliphatic carbocycles. The lowest BCUT2D eigenvalue weighted by Gasteiger charge is -2.25. The Morgan fingerprint density at radius 2 is 1.78 bits per heavy atom. The predicted octanol–water partition coefficient (Wildman–Crippen LogP) is 0.676. The molecule has 36 heavy (non-hydrogen) atoms. The van der Waals surface area contributed by atoms with Gasteiger partial charge in [-0.2, -0.15) is 5.10 Å². The first kappa shape index (κ1) is 29.2. The fraction of sp³-hybridized carbons (Fsp3) is 0.565. The van der Waals surface area contributed by atoms with Crippen molar-refractivity contribution in [1.82, 2.24) is 24.6 Å². The third-order valence-electron chi connectivity index (χ3n) is 5.96. The molecule has 2 aliphatic rings. The highest BCUT2D eigenvalue weighted by molar-refractivity contribution is 7.92. The maximum absolute atomic E-state index is 12.6. The van der Waals surface area contributed by atoms with Crippen LogP contribution in [0.25, 0.3) is 0 Å². The van der Waals surface area contributed by atoms with Gasteiger partial charge in [-0.25, -0.2) is 18.1 Å². The summed E-state index contributed by atoms with van der Waals surface area (Å²) in [5.74, 6) is -0.381. The van der Waals surface area contributed by atoms with Crippen molar-refractivity contribution in [3.63, 3.8) is 0 Å². The molecule has 3 atom stereocenters. The topological polar surface area (TPSA) is 155 Å². The number of aliphatic carboxylic acids is 2. The predicted molar refractivity (Wildman–Crippen MR) is 133 cm³/mol. The van der Waals surface area contributed by atoms with E-state index in [9.17, 15) is 8.42 Å². The van der Waals surface area contributed by atoms with Gasteiger partial charge < -0.3 is 19.8 Å². The van der Waals surface area contributed by atoms with E-state index < -0.39 is 21.8 Å². The third kappa shape index (κ3) is 8.28. The number of methoxy groups -OCH3 is 1. The van der Waals surface area contributed by atoms with E-state index in [1.807, 2.05) is 20.2 Å². The van der Waals surface area contributed by atoms with Crippen LogP contribution in [0.4, 0.5) is 0 Å². The summed E-state index contributed by atoms with van der Waals surface area (Å²) in [6, 6.07) is 6.25. The Morgan fingerprint density at radius 1 is 1.14 bits per heavy atom. The lowest BCUT2D eigenvalue weighted by atomic mass is 10.00. The van der Waals surface area contributed by atoms with E-state index in [-0.39, 0.29) is 23.0 Å². The van der Waals surface area contributed by atoms with Crippen LogP contribution in [0.15, 0.2) is 30.9 Å². The van der Waals surface area contributed by atoms with Gasteiger partial charge in [-0.3, -0.25) is 14.5 Å². The van der Waals surface area contributed by atoms with E-state index in [2.05, 4.69) is 32.0 Å². The number of carboxylic acid groups (broad SMARTS) is 2. The zero-order valence-electron chi connectivity index (χ0n) is 21.2. The third-order valence-corrected chi connectivity index (χ3v) is 8.18. The second-order valence-electron chi connectivity index (χ2n) is 9.03. The van der Waals surface area contributed by atoms with E-state index in [0.29, 0.717) is 13.1 Å². The lowest BCUT2D eigenvalue weighted by molar-refractivity contribution is -0.135. The van der Waals surface area contributed by atoms with Crippen molar-refractivity contribution in [3.05, 3.63) is 42.0 Å². The molecule has 2 N–H and O–H groups in total. The van der Waals surface area contributed by atoms with Gasteiger partial charge in [0.25, 0.3) is 11.9 Å². The van der Waals surface area contributed by atoms with Crippen molar-refractivity contribution in [2.75, 3.05) is 40.0 Å². The number of aromatic nitrogens is 3. The van der Waals surface area contributed by atoms with Crippen molar-refractivity contribution < 1.29 is 33.0 Å². The standard InChI is InChI=1S/C19H27N5O3S.2C2H4O2/c1-22(2)17-11-28(25,26)19-10-23(9-16(17)19)7-14-4-5-18(27-3)15(6-14)8-24-13-20-12-21-24;2*1-2(3)4/h4-6,12-13,16-17,19H,7-11H2,1-3H3;2*1H3,(H,3,4)/t16-,17+,19-;;/m0../s1. The highest BCUT2D eigenvalue weighted by Crippen LogP contribution is 2.36. The Balaban J connectivity index is 0.000000501. The van der Waals surface area contributed by atoms with Crippen LogP contribution >= 0.6 is 0 Å². The van der Waals surface area contributed by atoms with E-state index in [1.165, 1.54) is 6.33 Å². The first-order valence-corrected chi connectivity index (χ1v) is 13.0. The average Bonchev–Trinajstić information content (AvgIpc) is 3.46. The fourth-order valence-electron chi connectivity index (χ4n) is 4.58. The molecule has 200 valence electrons. The SMILES string of the molecule is CC(=O)O.CC(=O)O.COc1ccc(CN2C[C@H]3[C@H](N(C)C)CS(=O)(=O)[C@H]3C2)cc1Cn1cncn1. The number of hydrogen-bond acceptors (Lipinski definition) is 9. The number of nitrogens with zero attached hydrogens (tertiary/aromatic N) is 5. The summed E-state index contributed by atoms with van der Waals surface area (Å²) >= 11 is 0. The molecule has 0 unspecified atom stereocenters. The number of sulfone groups is 1. The molecule has 0 amide bonds. The normalized spacial score (nSPS) is 22.1. The van der Waals surface area contributed by atoms with Crippen LogP contribution in [0, 0.1) is 5.92 Å². The largest absolute Gasteiger partial charge is 0.496 e. The second-order valence-corrected chi connectivity index (χ2v) is 11.3. The summed E-state index contributed by atoms with van der Waals surface area (Å²) in [4.78, 5) is 26.3. The number of hydrogen-bond donors (Lipinski definition) is 2. The van der Waals surface area contributed by atoms with Gasteiger partial charge >= 0.3 is 0 Å². The number of carboxylic acids is 2. The van der Waals surface area contributed by atoms with Gasteiger partial charge in [-0.1, -0.05) is 6.07 Å². The Kier molecular flexibility index (Phi) is 10.4. The Bertz CT molecular complexity index is 1100. The minimum absolute atomic E-state index is 0.110. The molecule has 1 aromatic heterocycles. The number of rotatable bonds is 6. The van der Waals surface area contributed by atoms with Crippen LogP contribution in [-0.4, -0.2) is 106 Å². The zero-order valence-corrected chi connectivity index (χ0v) is 22.1. The monoisotopic (exact) mass is 525 g/mol. The van der Waals surface area contributed by atoms with Gasteiger partial charge in [-0.15, -0.1) is 0 Å². The average molecular weight is 526 g/mol. The number of benzene rings is 1. The Labute approximate surface area is 211 Å². The summed E-state index contributed by atoms with van der Waals surface area (Å²) < 4.78 is 32.4. The molecule has 0 saturated carbocycles. The van der Waals surface area contributed by atoms with Gasteiger partial charge in [0, 0.05) is 51.0 Å². The number of fused-ring (bicyclic) bond motifs is 1. The molecule has 3 heterocycles. The number of carbonyl (C=O) groups is 2. The molecular weight excluding hydrogens is 490 g/mol. The lowest BCUT2D eigenvalue weighted by Crippen LogP contribution is -2.37. The van der Waals surface area contributed by atoms with Crippen LogP contribution in [-0.2, 0) is 32.5 Å². The van der Waals surface area contributed by atoms with E-state index in [1.54, 1.807) is 18.1 Å². The van der Waals surface area contributed by atoms with Gasteiger partial charge in [0.1, 0.15) is 18.4 Å². The van der Waals surface area contributed by atoms with Crippen molar-refractivity contribution >= 4 is 21.8 Å². The van der Waals surface area contributed by atoms with E-state index in [0.717, 1.165) is 43.8 Å². The van der Waals surface area contributed by atoms with Gasteiger partial charge in [0.15, 0.2) is 9.84 Å². The summed E-state index contributed by atoms with van der Waals surface area (Å²) in [6.07, 6.45) is 3.20. The molecule has 2 aliphatic heterocycles. The minimum Gasteiger partial charge on any atom is -0.496 e. The molecule has 2 fully saturated rings. The molecular formula is C23H35N5O7S. The summed E-state index contributed by atoms with van der Waals surface area (Å²) in [5, 5.41) is 18.8. The molecule has 13 heteroatoms. The highest BCUT2D eigenvalue weighted by Gasteiger charge is 2.52. The molecule has 0 spiro atoms. The minimum atomic E-state index is -3.02. The van der Waals surface area contributed by atoms with Gasteiger partial charge in [-0.05, 0) is 31.8 Å². The zero-order chi connectivity index (χ0) is 27.0. The Hall–Kier alpha value is -3.03. The Morgan fingerprint density at radius 3 is 2.31 bits per heavy atom. The molecule has 2 aromatic rings. The van der Waals surface area contributed by atoms with E-state index in [4.69, 9.17) is 24.5 Å². The molecule has 1 aromatic carbocycles. The number of ether oxygens (including phenoxy) is 1. The van der Waals surface area contributed by atoms with Crippen molar-refractivity contribution in [2.24, 2.45) is 5.92 Å². The maximum Gasteiger partial charge on any atom is 0.300 e. The van der Waals surface area contributed by atoms with Crippen LogP contribution in [0.1, 0.15) is 25.0 Å². The fourth-order valence-corrected chi connectivity index (χ4v) is 7.08. The summed E-state index contributed by atoms with van der Waals surface area (Å²) in [7, 11) is 2.60. The quantitative estimate of drug-likeness (QED) is 0.547. The molecule has 12 nitrogen and oxygen atoms in total. The van der Waals surface area contributed by atoms with Gasteiger partial charge in [0.2, 0.25) is 0 Å². The molecule has 2 saturated heterocycles. The van der Waals surface area contributed by atoms with Crippen LogP contribution in [0.3, 0.4) is 0 Å². The maximum atomic E-state index is 12.6. The van der Waals surface area contributed by atoms with Gasteiger partial charge in [0.05, 0.1) is 24.7 Å². The molecule has 0 radical (unpaired) electrons. The highest BCUT2D eigenvalue weighted by atomic mass is 32.2. The molecule has 4 rings (SSSR count). The second kappa shape index (κ2) is 12.8. The number of likely N-dealkylation sites (tertiary alicyclic amines) is 1. The van der Waals surface area contributed by atoms with Crippen molar-refractivity contribution in [2.45, 2.75) is 38.2 Å². The van der Waals surface area contributed by atoms with E-state index >= 15 is 0 Å². The van der Waals surface area contributed by atoms with Crippen molar-refractivity contribution in [3.8, 4) is 5.75 Å². The molecule has 0 bridgehead atoms.